The first-order valence-electron chi connectivity index (χ1n) is 6.73. The normalized spacial score (nSPS) is 15.6. The molecule has 1 heteroatoms. The molecule has 0 spiro atoms. The Bertz CT molecular complexity index is 131. The van der Waals surface area contributed by atoms with Crippen molar-refractivity contribution in [1.29, 1.82) is 0 Å². The summed E-state index contributed by atoms with van der Waals surface area (Å²) >= 11 is 0. The summed E-state index contributed by atoms with van der Waals surface area (Å²) in [6.45, 7) is 9.31. The number of rotatable bonds is 9. The summed E-state index contributed by atoms with van der Waals surface area (Å²) in [5, 5.41) is 3.30. The highest BCUT2D eigenvalue weighted by Gasteiger charge is 2.04. The molecule has 0 rings (SSSR count). The number of hydrogen-bond donors (Lipinski definition) is 1. The molecule has 2 unspecified atom stereocenters. The molecule has 1 N–H and O–H groups in total. The van der Waals surface area contributed by atoms with Gasteiger partial charge in [0.1, 0.15) is 0 Å². The Morgan fingerprint density at radius 1 is 0.800 bits per heavy atom. The molecule has 0 aromatic carbocycles. The summed E-state index contributed by atoms with van der Waals surface area (Å²) in [5.74, 6) is 1.80. The maximum Gasteiger partial charge on any atom is 0.00357 e. The van der Waals surface area contributed by atoms with E-state index in [0.29, 0.717) is 6.04 Å². The van der Waals surface area contributed by atoms with Crippen LogP contribution in [0.5, 0.6) is 0 Å². The van der Waals surface area contributed by atoms with Crippen molar-refractivity contribution in [2.24, 2.45) is 11.8 Å². The van der Waals surface area contributed by atoms with Gasteiger partial charge in [0.25, 0.3) is 0 Å². The minimum absolute atomic E-state index is 0.688. The van der Waals surface area contributed by atoms with Crippen molar-refractivity contribution in [3.05, 3.63) is 0 Å². The summed E-state index contributed by atoms with van der Waals surface area (Å²) in [4.78, 5) is 0. The standard InChI is InChI=1S/C14H31N/c1-12(2)8-6-9-13(3)10-7-11-14(4)15-5/h12-15H,6-11H2,1-5H3. The fourth-order valence-corrected chi connectivity index (χ4v) is 1.94. The molecule has 0 aliphatic heterocycles. The monoisotopic (exact) mass is 213 g/mol. The lowest BCUT2D eigenvalue weighted by atomic mass is 9.95. The van der Waals surface area contributed by atoms with Gasteiger partial charge in [-0.25, -0.2) is 0 Å². The Hall–Kier alpha value is -0.0400. The first-order valence-corrected chi connectivity index (χ1v) is 6.73. The van der Waals surface area contributed by atoms with Gasteiger partial charge >= 0.3 is 0 Å². The van der Waals surface area contributed by atoms with E-state index >= 15 is 0 Å². The topological polar surface area (TPSA) is 12.0 Å². The molecular formula is C14H31N. The molecule has 1 nitrogen and oxygen atoms in total. The van der Waals surface area contributed by atoms with Crippen LogP contribution in [0, 0.1) is 11.8 Å². The molecule has 0 aromatic heterocycles. The molecule has 0 aliphatic carbocycles. The second-order valence-electron chi connectivity index (χ2n) is 5.55. The van der Waals surface area contributed by atoms with Gasteiger partial charge in [-0.2, -0.15) is 0 Å². The lowest BCUT2D eigenvalue weighted by Crippen LogP contribution is -2.20. The molecule has 0 aliphatic rings. The average molecular weight is 213 g/mol. The molecule has 0 heterocycles. The van der Waals surface area contributed by atoms with Gasteiger partial charge < -0.3 is 5.32 Å². The van der Waals surface area contributed by atoms with E-state index in [2.05, 4.69) is 40.1 Å². The highest BCUT2D eigenvalue weighted by molar-refractivity contribution is 4.60. The van der Waals surface area contributed by atoms with Gasteiger partial charge in [0.2, 0.25) is 0 Å². The predicted octanol–water partition coefficient (Wildman–Crippen LogP) is 4.23. The van der Waals surface area contributed by atoms with Gasteiger partial charge in [-0.3, -0.25) is 0 Å². The van der Waals surface area contributed by atoms with Crippen LogP contribution in [0.3, 0.4) is 0 Å². The molecule has 0 saturated heterocycles. The zero-order chi connectivity index (χ0) is 11.7. The highest BCUT2D eigenvalue weighted by atomic mass is 14.8. The molecule has 0 bridgehead atoms. The maximum absolute atomic E-state index is 3.30. The van der Waals surface area contributed by atoms with Crippen molar-refractivity contribution >= 4 is 0 Å². The number of hydrogen-bond acceptors (Lipinski definition) is 1. The van der Waals surface area contributed by atoms with Gasteiger partial charge in [0, 0.05) is 6.04 Å². The molecule has 0 fully saturated rings. The van der Waals surface area contributed by atoms with E-state index in [1.54, 1.807) is 0 Å². The van der Waals surface area contributed by atoms with Crippen LogP contribution < -0.4 is 5.32 Å². The fraction of sp³-hybridized carbons (Fsp3) is 1.00. The van der Waals surface area contributed by atoms with Crippen LogP contribution in [0.2, 0.25) is 0 Å². The molecule has 15 heavy (non-hydrogen) atoms. The maximum atomic E-state index is 3.30. The second kappa shape index (κ2) is 9.21. The van der Waals surface area contributed by atoms with Crippen molar-refractivity contribution in [2.45, 2.75) is 72.3 Å². The predicted molar refractivity (Wildman–Crippen MR) is 70.2 cm³/mol. The Balaban J connectivity index is 3.29. The zero-order valence-electron chi connectivity index (χ0n) is 11.5. The summed E-state index contributed by atoms with van der Waals surface area (Å²) in [6.07, 6.45) is 8.35. The van der Waals surface area contributed by atoms with Crippen LogP contribution in [0.1, 0.15) is 66.2 Å². The summed E-state index contributed by atoms with van der Waals surface area (Å²) in [7, 11) is 2.05. The zero-order valence-corrected chi connectivity index (χ0v) is 11.5. The minimum Gasteiger partial charge on any atom is -0.317 e. The van der Waals surface area contributed by atoms with Gasteiger partial charge in [-0.05, 0) is 32.2 Å². The lowest BCUT2D eigenvalue weighted by Gasteiger charge is -2.14. The first kappa shape index (κ1) is 15.0. The Labute approximate surface area is 97.0 Å². The van der Waals surface area contributed by atoms with Crippen LogP contribution in [0.25, 0.3) is 0 Å². The van der Waals surface area contributed by atoms with Crippen molar-refractivity contribution in [3.8, 4) is 0 Å². The van der Waals surface area contributed by atoms with E-state index < -0.39 is 0 Å². The van der Waals surface area contributed by atoms with E-state index in [4.69, 9.17) is 0 Å². The largest absolute Gasteiger partial charge is 0.317 e. The average Bonchev–Trinajstić information content (AvgIpc) is 2.17. The van der Waals surface area contributed by atoms with Crippen LogP contribution in [0.15, 0.2) is 0 Å². The van der Waals surface area contributed by atoms with Crippen LogP contribution in [-0.4, -0.2) is 13.1 Å². The third-order valence-electron chi connectivity index (χ3n) is 3.31. The third-order valence-corrected chi connectivity index (χ3v) is 3.31. The Morgan fingerprint density at radius 3 is 1.80 bits per heavy atom. The smallest absolute Gasteiger partial charge is 0.00357 e. The van der Waals surface area contributed by atoms with Gasteiger partial charge in [-0.1, -0.05) is 52.9 Å². The summed E-state index contributed by atoms with van der Waals surface area (Å²) < 4.78 is 0. The molecular weight excluding hydrogens is 182 g/mol. The van der Waals surface area contributed by atoms with Crippen LogP contribution in [0.4, 0.5) is 0 Å². The van der Waals surface area contributed by atoms with Crippen molar-refractivity contribution < 1.29 is 0 Å². The van der Waals surface area contributed by atoms with Crippen LogP contribution in [-0.2, 0) is 0 Å². The van der Waals surface area contributed by atoms with Crippen LogP contribution >= 0.6 is 0 Å². The molecule has 2 atom stereocenters. The Morgan fingerprint density at radius 2 is 1.33 bits per heavy atom. The van der Waals surface area contributed by atoms with Crippen molar-refractivity contribution in [3.63, 3.8) is 0 Å². The summed E-state index contributed by atoms with van der Waals surface area (Å²) in [5.41, 5.74) is 0. The van der Waals surface area contributed by atoms with E-state index in [9.17, 15) is 0 Å². The fourth-order valence-electron chi connectivity index (χ4n) is 1.94. The van der Waals surface area contributed by atoms with Gasteiger partial charge in [-0.15, -0.1) is 0 Å². The van der Waals surface area contributed by atoms with Gasteiger partial charge in [0.05, 0.1) is 0 Å². The highest BCUT2D eigenvalue weighted by Crippen LogP contribution is 2.17. The van der Waals surface area contributed by atoms with E-state index in [0.717, 1.165) is 11.8 Å². The SMILES string of the molecule is CNC(C)CCCC(C)CCCC(C)C. The third kappa shape index (κ3) is 10.2. The lowest BCUT2D eigenvalue weighted by molar-refractivity contribution is 0.409. The molecule has 0 aromatic rings. The first-order chi connectivity index (χ1) is 7.06. The minimum atomic E-state index is 0.688. The quantitative estimate of drug-likeness (QED) is 0.604. The van der Waals surface area contributed by atoms with E-state index in [1.165, 1.54) is 38.5 Å². The van der Waals surface area contributed by atoms with Crippen molar-refractivity contribution in [1.82, 2.24) is 5.32 Å². The molecule has 0 amide bonds. The van der Waals surface area contributed by atoms with Gasteiger partial charge in [0.15, 0.2) is 0 Å². The second-order valence-corrected chi connectivity index (χ2v) is 5.55. The van der Waals surface area contributed by atoms with Crippen molar-refractivity contribution in [2.75, 3.05) is 7.05 Å². The molecule has 92 valence electrons. The number of nitrogens with one attached hydrogen (secondary N) is 1. The summed E-state index contributed by atoms with van der Waals surface area (Å²) in [6, 6.07) is 0.688. The Kier molecular flexibility index (Phi) is 9.18. The molecule has 0 saturated carbocycles. The molecule has 0 radical (unpaired) electrons. The van der Waals surface area contributed by atoms with E-state index in [1.807, 2.05) is 0 Å². The van der Waals surface area contributed by atoms with E-state index in [-0.39, 0.29) is 0 Å².